The number of carbonyl (C=O) groups excluding carboxylic acids is 3. The SMILES string of the molecule is CCOC(=O)C1CN(C(=O)OC(C)(C)C)C1NC(=O)OCc1ccccc1. The second-order valence-corrected chi connectivity index (χ2v) is 7.14. The fraction of sp³-hybridized carbons (Fsp3) is 0.526. The maximum absolute atomic E-state index is 12.3. The molecule has 2 atom stereocenters. The standard InChI is InChI=1S/C19H26N2O6/c1-5-25-16(22)14-11-21(18(24)27-19(2,3)4)15(14)20-17(23)26-12-13-9-7-6-8-10-13/h6-10,14-15H,5,11-12H2,1-4H3,(H,20,23). The molecule has 2 rings (SSSR count). The minimum Gasteiger partial charge on any atom is -0.466 e. The number of amides is 2. The summed E-state index contributed by atoms with van der Waals surface area (Å²) in [4.78, 5) is 37.8. The van der Waals surface area contributed by atoms with Crippen molar-refractivity contribution in [1.82, 2.24) is 10.2 Å². The first-order valence-electron chi connectivity index (χ1n) is 8.84. The normalized spacial score (nSPS) is 18.9. The van der Waals surface area contributed by atoms with Gasteiger partial charge >= 0.3 is 18.2 Å². The Morgan fingerprint density at radius 3 is 2.41 bits per heavy atom. The van der Waals surface area contributed by atoms with Gasteiger partial charge in [0.1, 0.15) is 24.3 Å². The molecule has 1 aromatic rings. The van der Waals surface area contributed by atoms with Gasteiger partial charge < -0.3 is 14.2 Å². The van der Waals surface area contributed by atoms with E-state index < -0.39 is 35.8 Å². The van der Waals surface area contributed by atoms with E-state index in [9.17, 15) is 14.4 Å². The monoisotopic (exact) mass is 378 g/mol. The van der Waals surface area contributed by atoms with Crippen LogP contribution < -0.4 is 5.32 Å². The molecule has 0 aliphatic carbocycles. The molecule has 2 amide bonds. The first-order valence-corrected chi connectivity index (χ1v) is 8.84. The summed E-state index contributed by atoms with van der Waals surface area (Å²) in [6.07, 6.45) is -2.22. The summed E-state index contributed by atoms with van der Waals surface area (Å²) in [6.45, 7) is 7.32. The van der Waals surface area contributed by atoms with Crippen molar-refractivity contribution in [2.45, 2.75) is 46.1 Å². The van der Waals surface area contributed by atoms with Gasteiger partial charge in [0, 0.05) is 6.54 Å². The van der Waals surface area contributed by atoms with Crippen molar-refractivity contribution in [3.63, 3.8) is 0 Å². The van der Waals surface area contributed by atoms with E-state index in [1.54, 1.807) is 27.7 Å². The summed E-state index contributed by atoms with van der Waals surface area (Å²) < 4.78 is 15.5. The summed E-state index contributed by atoms with van der Waals surface area (Å²) in [5, 5.41) is 2.56. The lowest BCUT2D eigenvalue weighted by Gasteiger charge is -2.45. The van der Waals surface area contributed by atoms with Crippen LogP contribution >= 0.6 is 0 Å². The van der Waals surface area contributed by atoms with Gasteiger partial charge in [0.15, 0.2) is 0 Å². The number of nitrogens with zero attached hydrogens (tertiary/aromatic N) is 1. The number of hydrogen-bond acceptors (Lipinski definition) is 6. The average molecular weight is 378 g/mol. The number of likely N-dealkylation sites (tertiary alicyclic amines) is 1. The number of alkyl carbamates (subject to hydrolysis) is 1. The number of hydrogen-bond donors (Lipinski definition) is 1. The quantitative estimate of drug-likeness (QED) is 0.625. The fourth-order valence-corrected chi connectivity index (χ4v) is 2.53. The molecule has 8 nitrogen and oxygen atoms in total. The minimum absolute atomic E-state index is 0.0793. The maximum Gasteiger partial charge on any atom is 0.411 e. The zero-order valence-electron chi connectivity index (χ0n) is 16.1. The van der Waals surface area contributed by atoms with E-state index in [0.29, 0.717) is 0 Å². The highest BCUT2D eigenvalue weighted by molar-refractivity contribution is 5.81. The van der Waals surface area contributed by atoms with Crippen molar-refractivity contribution in [3.8, 4) is 0 Å². The van der Waals surface area contributed by atoms with E-state index in [1.165, 1.54) is 4.90 Å². The molecule has 1 aliphatic rings. The first-order chi connectivity index (χ1) is 12.7. The van der Waals surface area contributed by atoms with Gasteiger partial charge in [0.05, 0.1) is 6.61 Å². The third kappa shape index (κ3) is 5.87. The van der Waals surface area contributed by atoms with Gasteiger partial charge in [-0.3, -0.25) is 15.0 Å². The molecule has 1 saturated heterocycles. The molecule has 148 valence electrons. The molecule has 0 spiro atoms. The Balaban J connectivity index is 1.98. The molecule has 1 heterocycles. The summed E-state index contributed by atoms with van der Waals surface area (Å²) in [5.74, 6) is -1.15. The Kier molecular flexibility index (Phi) is 6.65. The molecule has 1 aromatic carbocycles. The Bertz CT molecular complexity index is 671. The van der Waals surface area contributed by atoms with Gasteiger partial charge in [-0.1, -0.05) is 30.3 Å². The maximum atomic E-state index is 12.3. The molecule has 1 aliphatic heterocycles. The average Bonchev–Trinajstić information content (AvgIpc) is 2.56. The van der Waals surface area contributed by atoms with Crippen LogP contribution in [-0.4, -0.2) is 48.0 Å². The number of esters is 1. The lowest BCUT2D eigenvalue weighted by atomic mass is 9.95. The second kappa shape index (κ2) is 8.75. The highest BCUT2D eigenvalue weighted by Gasteiger charge is 2.49. The predicted molar refractivity (Wildman–Crippen MR) is 96.6 cm³/mol. The molecular weight excluding hydrogens is 352 g/mol. The Morgan fingerprint density at radius 2 is 1.81 bits per heavy atom. The minimum atomic E-state index is -0.873. The van der Waals surface area contributed by atoms with Crippen molar-refractivity contribution in [3.05, 3.63) is 35.9 Å². The first kappa shape index (κ1) is 20.5. The third-order valence-electron chi connectivity index (χ3n) is 3.81. The molecule has 8 heteroatoms. The van der Waals surface area contributed by atoms with E-state index in [2.05, 4.69) is 5.32 Å². The highest BCUT2D eigenvalue weighted by Crippen LogP contribution is 2.27. The zero-order chi connectivity index (χ0) is 20.0. The lowest BCUT2D eigenvalue weighted by Crippen LogP contribution is -2.68. The lowest BCUT2D eigenvalue weighted by molar-refractivity contribution is -0.158. The Hall–Kier alpha value is -2.77. The smallest absolute Gasteiger partial charge is 0.411 e. The van der Waals surface area contributed by atoms with Gasteiger partial charge in [-0.15, -0.1) is 0 Å². The van der Waals surface area contributed by atoms with Gasteiger partial charge in [0.25, 0.3) is 0 Å². The van der Waals surface area contributed by atoms with E-state index in [-0.39, 0.29) is 19.8 Å². The molecule has 0 radical (unpaired) electrons. The van der Waals surface area contributed by atoms with Crippen LogP contribution in [0.4, 0.5) is 9.59 Å². The van der Waals surface area contributed by atoms with Crippen molar-refractivity contribution >= 4 is 18.2 Å². The summed E-state index contributed by atoms with van der Waals surface area (Å²) in [6, 6.07) is 9.18. The number of benzene rings is 1. The second-order valence-electron chi connectivity index (χ2n) is 7.14. The topological polar surface area (TPSA) is 94.2 Å². The zero-order valence-corrected chi connectivity index (χ0v) is 16.1. The van der Waals surface area contributed by atoms with E-state index in [4.69, 9.17) is 14.2 Å². The third-order valence-corrected chi connectivity index (χ3v) is 3.81. The van der Waals surface area contributed by atoms with Gasteiger partial charge in [0.2, 0.25) is 0 Å². The largest absolute Gasteiger partial charge is 0.466 e. The van der Waals surface area contributed by atoms with Crippen LogP contribution in [0.25, 0.3) is 0 Å². The van der Waals surface area contributed by atoms with Crippen LogP contribution in [0.5, 0.6) is 0 Å². The van der Waals surface area contributed by atoms with Crippen LogP contribution in [-0.2, 0) is 25.6 Å². The fourth-order valence-electron chi connectivity index (χ4n) is 2.53. The molecular formula is C19H26N2O6. The van der Waals surface area contributed by atoms with Crippen LogP contribution in [0.1, 0.15) is 33.3 Å². The van der Waals surface area contributed by atoms with Gasteiger partial charge in [-0.05, 0) is 33.3 Å². The van der Waals surface area contributed by atoms with Crippen LogP contribution in [0.3, 0.4) is 0 Å². The van der Waals surface area contributed by atoms with Crippen molar-refractivity contribution < 1.29 is 28.6 Å². The van der Waals surface area contributed by atoms with Crippen LogP contribution in [0.15, 0.2) is 30.3 Å². The number of rotatable bonds is 5. The molecule has 0 bridgehead atoms. The van der Waals surface area contributed by atoms with Gasteiger partial charge in [-0.25, -0.2) is 9.59 Å². The molecule has 0 aromatic heterocycles. The number of nitrogens with one attached hydrogen (secondary N) is 1. The van der Waals surface area contributed by atoms with Crippen molar-refractivity contribution in [2.75, 3.05) is 13.2 Å². The summed E-state index contributed by atoms with van der Waals surface area (Å²) in [7, 11) is 0. The summed E-state index contributed by atoms with van der Waals surface area (Å²) in [5.41, 5.74) is 0.136. The molecule has 0 saturated carbocycles. The van der Waals surface area contributed by atoms with E-state index >= 15 is 0 Å². The number of carbonyl (C=O) groups is 3. The van der Waals surface area contributed by atoms with Crippen molar-refractivity contribution in [1.29, 1.82) is 0 Å². The summed E-state index contributed by atoms with van der Waals surface area (Å²) >= 11 is 0. The Labute approximate surface area is 158 Å². The predicted octanol–water partition coefficient (Wildman–Crippen LogP) is 2.67. The van der Waals surface area contributed by atoms with Gasteiger partial charge in [-0.2, -0.15) is 0 Å². The highest BCUT2D eigenvalue weighted by atomic mass is 16.6. The molecule has 2 unspecified atom stereocenters. The van der Waals surface area contributed by atoms with Crippen molar-refractivity contribution in [2.24, 2.45) is 5.92 Å². The van der Waals surface area contributed by atoms with E-state index in [1.807, 2.05) is 30.3 Å². The van der Waals surface area contributed by atoms with E-state index in [0.717, 1.165) is 5.56 Å². The molecule has 1 N–H and O–H groups in total. The molecule has 1 fully saturated rings. The van der Waals surface area contributed by atoms with Crippen LogP contribution in [0.2, 0.25) is 0 Å². The van der Waals surface area contributed by atoms with Crippen LogP contribution in [0, 0.1) is 5.92 Å². The molecule has 27 heavy (non-hydrogen) atoms. The Morgan fingerprint density at radius 1 is 1.15 bits per heavy atom. The number of ether oxygens (including phenoxy) is 3.